The van der Waals surface area contributed by atoms with Crippen LogP contribution in [-0.2, 0) is 23.8 Å². The minimum atomic E-state index is -1.16. The molecule has 132 heavy (non-hydrogen) atoms. The number of thiazole rings is 4. The second-order valence-electron chi connectivity index (χ2n) is 29.5. The largest absolute Gasteiger partial charge is 0.483 e. The Morgan fingerprint density at radius 3 is 1.06 bits per heavy atom. The number of amides is 4. The summed E-state index contributed by atoms with van der Waals surface area (Å²) in [6.45, 7) is 7.12. The molecule has 11 N–H and O–H groups in total. The molecule has 20 rings (SSSR count). The Hall–Kier alpha value is -14.8. The zero-order valence-electron chi connectivity index (χ0n) is 70.2. The number of alkyl halides is 1. The third-order valence-electron chi connectivity index (χ3n) is 21.0. The van der Waals surface area contributed by atoms with Crippen molar-refractivity contribution in [2.24, 2.45) is 0 Å². The number of aliphatic hydroxyl groups excluding tert-OH is 1. The average Bonchev–Trinajstić information content (AvgIpc) is 1.67. The standard InChI is InChI=1S/3C21H20FN7O2S.C20H19N7O2S.2CH2O2/c2*1-2-31-15-5-14(6-15)29-10-17(19(28-29)16-4-3-13(22)9-23-16)26-20(30)18-11-32-21(27-18)12-7-24-25-8-12;1-2-31-17-7-16(18(17)22)29-10-14(19(28-29)13-5-3-4-6-23-13)26-20(30)15-11-32-21(27-15)12-8-24-25-9-12;28-14-5-4-13(7-14)27-10-16(18(26-27)15-3-1-2-6-21-15)24-19(29)17-11-30-20(25-17)12-8-22-23-9-12;2*2-1-3/h2*3-4,7-11,14-15H,2,5-6H2,1H3,(H,24,25)(H,26,30);3-6,8-11,16-18H,2,7H2,1H3,(H,24,25)(H,26,30);1-3,6,8-11,13-14,28H,4-5,7H2,(H,22,23)(H,24,29);2*1H,(H,2,3)/t;;16-,17+,18?;13-,14-;;/m..00../s1. The van der Waals surface area contributed by atoms with E-state index < -0.39 is 30.0 Å². The number of nitrogens with one attached hydrogen (secondary N) is 8. The average molecular weight is 1870 g/mol. The van der Waals surface area contributed by atoms with Gasteiger partial charge in [-0.15, -0.1) is 45.3 Å². The summed E-state index contributed by atoms with van der Waals surface area (Å²) in [5, 5.41) is 89.9. The molecule has 4 amide bonds. The lowest BCUT2D eigenvalue weighted by Gasteiger charge is -2.38. The van der Waals surface area contributed by atoms with E-state index in [1.807, 2.05) is 65.3 Å². The lowest BCUT2D eigenvalue weighted by Crippen LogP contribution is -2.46. The van der Waals surface area contributed by atoms with Crippen LogP contribution in [0.3, 0.4) is 0 Å². The van der Waals surface area contributed by atoms with Crippen LogP contribution in [0, 0.1) is 11.6 Å². The lowest BCUT2D eigenvalue weighted by molar-refractivity contribution is -0.123. The first kappa shape index (κ1) is 92.0. The Labute approximate surface area is 763 Å². The Morgan fingerprint density at radius 1 is 0.439 bits per heavy atom. The Kier molecular flexibility index (Phi) is 30.4. The van der Waals surface area contributed by atoms with Gasteiger partial charge in [0.2, 0.25) is 0 Å². The number of anilines is 4. The summed E-state index contributed by atoms with van der Waals surface area (Å²) < 4.78 is 65.1. The maximum atomic E-state index is 14.6. The van der Waals surface area contributed by atoms with E-state index in [2.05, 4.69) is 122 Å². The van der Waals surface area contributed by atoms with Crippen LogP contribution < -0.4 is 21.3 Å². The first-order valence-corrected chi connectivity index (χ1v) is 44.7. The Morgan fingerprint density at radius 2 is 0.773 bits per heavy atom. The Balaban J connectivity index is 0.000000132. The van der Waals surface area contributed by atoms with Crippen molar-refractivity contribution >= 4 is 105 Å². The van der Waals surface area contributed by atoms with Crippen molar-refractivity contribution in [1.29, 1.82) is 0 Å². The maximum Gasteiger partial charge on any atom is 0.290 e. The van der Waals surface area contributed by atoms with E-state index in [1.54, 1.807) is 131 Å². The summed E-state index contributed by atoms with van der Waals surface area (Å²) >= 11 is 5.44. The summed E-state index contributed by atoms with van der Waals surface area (Å²) in [7, 11) is 0. The molecule has 1 unspecified atom stereocenters. The highest BCUT2D eigenvalue weighted by molar-refractivity contribution is 7.14. The molecule has 16 aromatic rings. The number of carbonyl (C=O) groups excluding carboxylic acids is 4. The summed E-state index contributed by atoms with van der Waals surface area (Å²) in [5.74, 6) is -2.30. The minimum absolute atomic E-state index is 0.0973. The molecule has 680 valence electrons. The van der Waals surface area contributed by atoms with Crippen LogP contribution in [0.15, 0.2) is 181 Å². The van der Waals surface area contributed by atoms with Crippen LogP contribution >= 0.6 is 45.3 Å². The van der Waals surface area contributed by atoms with Crippen molar-refractivity contribution in [2.45, 2.75) is 127 Å². The van der Waals surface area contributed by atoms with Gasteiger partial charge in [-0.1, -0.05) is 12.1 Å². The van der Waals surface area contributed by atoms with E-state index in [1.165, 1.54) is 57.5 Å². The van der Waals surface area contributed by atoms with Gasteiger partial charge in [-0.05, 0) is 114 Å². The molecule has 4 saturated carbocycles. The van der Waals surface area contributed by atoms with Crippen LogP contribution in [0.5, 0.6) is 0 Å². The van der Waals surface area contributed by atoms with Gasteiger partial charge in [-0.25, -0.2) is 33.1 Å². The monoisotopic (exact) mass is 1870 g/mol. The molecule has 0 radical (unpaired) electrons. The molecule has 0 aromatic carbocycles. The molecular formula is C85H83F3N28O12S4. The van der Waals surface area contributed by atoms with Crippen molar-refractivity contribution in [2.75, 3.05) is 41.1 Å². The number of pyridine rings is 4. The van der Waals surface area contributed by atoms with Crippen LogP contribution in [0.2, 0.25) is 0 Å². The topological polar surface area (TPSA) is 528 Å². The van der Waals surface area contributed by atoms with Crippen LogP contribution in [0.4, 0.5) is 35.9 Å². The quantitative estimate of drug-likeness (QED) is 0.0224. The molecule has 0 spiro atoms. The lowest BCUT2D eigenvalue weighted by atomic mass is 9.87. The second kappa shape index (κ2) is 43.6. The highest BCUT2D eigenvalue weighted by Crippen LogP contribution is 2.43. The van der Waals surface area contributed by atoms with E-state index in [0.717, 1.165) is 78.2 Å². The molecule has 4 aliphatic carbocycles. The predicted molar refractivity (Wildman–Crippen MR) is 480 cm³/mol. The fraction of sp³-hybridized carbons (Fsp3) is 0.271. The highest BCUT2D eigenvalue weighted by Gasteiger charge is 2.45. The zero-order valence-corrected chi connectivity index (χ0v) is 73.4. The van der Waals surface area contributed by atoms with Gasteiger partial charge in [0.15, 0.2) is 0 Å². The summed E-state index contributed by atoms with van der Waals surface area (Å²) in [6, 6.07) is 16.7. The number of ether oxygens (including phenoxy) is 3. The van der Waals surface area contributed by atoms with Crippen LogP contribution in [0.1, 0.15) is 138 Å². The number of aromatic amines is 4. The van der Waals surface area contributed by atoms with E-state index >= 15 is 0 Å². The normalized spacial score (nSPS) is 17.9. The van der Waals surface area contributed by atoms with Gasteiger partial charge < -0.3 is 50.8 Å². The minimum Gasteiger partial charge on any atom is -0.483 e. The Bertz CT molecular complexity index is 6240. The van der Waals surface area contributed by atoms with Gasteiger partial charge >= 0.3 is 0 Å². The molecular weight excluding hydrogens is 1790 g/mol. The van der Waals surface area contributed by atoms with Crippen molar-refractivity contribution in [3.8, 4) is 87.8 Å². The number of hydrogen-bond donors (Lipinski definition) is 11. The number of carboxylic acid groups (broad SMARTS) is 2. The van der Waals surface area contributed by atoms with Gasteiger partial charge in [0.05, 0.1) is 131 Å². The van der Waals surface area contributed by atoms with Crippen LogP contribution in [0.25, 0.3) is 87.8 Å². The first-order valence-electron chi connectivity index (χ1n) is 41.1. The number of rotatable bonds is 26. The van der Waals surface area contributed by atoms with E-state index in [0.29, 0.717) is 122 Å². The van der Waals surface area contributed by atoms with E-state index in [-0.39, 0.29) is 90.1 Å². The number of hydrogen-bond acceptors (Lipinski definition) is 30. The van der Waals surface area contributed by atoms with Crippen molar-refractivity contribution in [1.82, 2.24) is 120 Å². The zero-order chi connectivity index (χ0) is 92.2. The van der Waals surface area contributed by atoms with Crippen molar-refractivity contribution in [3.63, 3.8) is 0 Å². The van der Waals surface area contributed by atoms with Gasteiger partial charge in [-0.3, -0.25) is 87.8 Å². The third-order valence-corrected chi connectivity index (χ3v) is 24.5. The predicted octanol–water partition coefficient (Wildman–Crippen LogP) is 14.1. The number of nitrogens with zero attached hydrogens (tertiary/aromatic N) is 20. The molecule has 16 aromatic heterocycles. The van der Waals surface area contributed by atoms with E-state index in [4.69, 9.17) is 34.0 Å². The van der Waals surface area contributed by atoms with Crippen molar-refractivity contribution in [3.05, 3.63) is 216 Å². The van der Waals surface area contributed by atoms with Gasteiger partial charge in [0.25, 0.3) is 36.6 Å². The second-order valence-corrected chi connectivity index (χ2v) is 33.0. The van der Waals surface area contributed by atoms with Gasteiger partial charge in [-0.2, -0.15) is 40.8 Å². The first-order chi connectivity index (χ1) is 64.3. The molecule has 0 bridgehead atoms. The number of aromatic nitrogens is 24. The smallest absolute Gasteiger partial charge is 0.290 e. The molecule has 0 aliphatic heterocycles. The SMILES string of the molecule is CCOC1CC(n2cc(NC(=O)c3csc(-c4cn[nH]c4)n3)c(-c3ccc(F)cn3)n2)C1.CCOC1CC(n2cc(NC(=O)c3csc(-c4cn[nH]c4)n3)c(-c3ccc(F)cn3)n2)C1.CCO[C@@H]1C[C@H](n2cc(NC(=O)c3csc(-c4cn[nH]c4)n3)c(-c3ccccn3)n2)C1F.O=C(Nc1cn([C@H]2CC[C@H](O)C2)nc1-c1ccccn1)c1csc(-c2cn[nH]c2)n1.O=CO.O=CO. The fourth-order valence-electron chi connectivity index (χ4n) is 14.3. The molecule has 16 heterocycles. The fourth-order valence-corrected chi connectivity index (χ4v) is 17.4. The molecule has 5 atom stereocenters. The molecule has 40 nitrogen and oxygen atoms in total. The molecule has 47 heteroatoms. The highest BCUT2D eigenvalue weighted by atomic mass is 32.1. The third kappa shape index (κ3) is 22.4. The summed E-state index contributed by atoms with van der Waals surface area (Å²) in [6.07, 6.45) is 30.8. The van der Waals surface area contributed by atoms with Gasteiger partial charge in [0.1, 0.15) is 83.4 Å². The van der Waals surface area contributed by atoms with Crippen molar-refractivity contribution < 1.29 is 71.5 Å². The maximum absolute atomic E-state index is 14.6. The van der Waals surface area contributed by atoms with E-state index in [9.17, 15) is 37.5 Å². The summed E-state index contributed by atoms with van der Waals surface area (Å²) in [4.78, 5) is 103. The number of halogens is 3. The number of carbonyl (C=O) groups is 6. The summed E-state index contributed by atoms with van der Waals surface area (Å²) in [5.41, 5.74) is 10.6. The number of H-pyrrole nitrogens is 4. The van der Waals surface area contributed by atoms with Crippen LogP contribution in [-0.4, -0.2) is 222 Å². The number of aliphatic hydroxyl groups is 1. The van der Waals surface area contributed by atoms with Gasteiger partial charge in [0, 0.05) is 132 Å². The molecule has 0 saturated heterocycles. The molecule has 4 aliphatic rings. The molecule has 4 fully saturated rings.